The van der Waals surface area contributed by atoms with Gasteiger partial charge in [-0.2, -0.15) is 4.31 Å². The van der Waals surface area contributed by atoms with Gasteiger partial charge in [0.05, 0.1) is 17.7 Å². The molecule has 0 spiro atoms. The number of nitrogens with zero attached hydrogens (tertiary/aromatic N) is 1. The summed E-state index contributed by atoms with van der Waals surface area (Å²) < 4.78 is 32.1. The SMILES string of the molecule is COc1ccc(S(=O)(=O)N(C)C2CCCC2)cc1NC(C)=O. The van der Waals surface area contributed by atoms with Crippen LogP contribution in [0.2, 0.25) is 0 Å². The largest absolute Gasteiger partial charge is 0.495 e. The fraction of sp³-hybridized carbons (Fsp3) is 0.533. The van der Waals surface area contributed by atoms with Gasteiger partial charge >= 0.3 is 0 Å². The molecule has 1 aliphatic rings. The van der Waals surface area contributed by atoms with Crippen LogP contribution in [0.15, 0.2) is 23.1 Å². The molecule has 1 aromatic rings. The van der Waals surface area contributed by atoms with E-state index >= 15 is 0 Å². The number of methoxy groups -OCH3 is 1. The highest BCUT2D eigenvalue weighted by molar-refractivity contribution is 7.89. The zero-order chi connectivity index (χ0) is 16.3. The van der Waals surface area contributed by atoms with Gasteiger partial charge in [-0.25, -0.2) is 8.42 Å². The summed E-state index contributed by atoms with van der Waals surface area (Å²) >= 11 is 0. The van der Waals surface area contributed by atoms with Crippen molar-refractivity contribution in [3.8, 4) is 5.75 Å². The Balaban J connectivity index is 2.35. The first-order valence-corrected chi connectivity index (χ1v) is 8.74. The average Bonchev–Trinajstić information content (AvgIpc) is 2.99. The van der Waals surface area contributed by atoms with E-state index in [9.17, 15) is 13.2 Å². The predicted octanol–water partition coefficient (Wildman–Crippen LogP) is 2.22. The maximum Gasteiger partial charge on any atom is 0.243 e. The number of carbonyl (C=O) groups is 1. The van der Waals surface area contributed by atoms with Crippen molar-refractivity contribution in [2.24, 2.45) is 0 Å². The lowest BCUT2D eigenvalue weighted by atomic mass is 10.3. The summed E-state index contributed by atoms with van der Waals surface area (Å²) in [5.74, 6) is 0.148. The minimum absolute atomic E-state index is 0.0521. The molecular formula is C15H22N2O4S. The van der Waals surface area contributed by atoms with Crippen LogP contribution in [0.4, 0.5) is 5.69 Å². The quantitative estimate of drug-likeness (QED) is 0.900. The molecule has 1 saturated carbocycles. The monoisotopic (exact) mass is 326 g/mol. The highest BCUT2D eigenvalue weighted by atomic mass is 32.2. The molecule has 2 rings (SSSR count). The molecule has 0 unspecified atom stereocenters. The molecule has 0 bridgehead atoms. The smallest absolute Gasteiger partial charge is 0.243 e. The van der Waals surface area contributed by atoms with E-state index in [-0.39, 0.29) is 16.8 Å². The molecule has 1 aliphatic carbocycles. The molecule has 22 heavy (non-hydrogen) atoms. The van der Waals surface area contributed by atoms with Gasteiger partial charge in [0, 0.05) is 20.0 Å². The Bertz CT molecular complexity index is 652. The summed E-state index contributed by atoms with van der Waals surface area (Å²) in [4.78, 5) is 11.4. The van der Waals surface area contributed by atoms with E-state index in [1.165, 1.54) is 30.5 Å². The summed E-state index contributed by atoms with van der Waals surface area (Å²) in [7, 11) is -0.489. The first-order valence-electron chi connectivity index (χ1n) is 7.30. The number of benzene rings is 1. The molecule has 0 aromatic heterocycles. The third-order valence-electron chi connectivity index (χ3n) is 4.00. The van der Waals surface area contributed by atoms with Gasteiger partial charge in [-0.1, -0.05) is 12.8 Å². The number of nitrogens with one attached hydrogen (secondary N) is 1. The maximum atomic E-state index is 12.7. The van der Waals surface area contributed by atoms with Gasteiger partial charge in [-0.05, 0) is 31.0 Å². The van der Waals surface area contributed by atoms with Crippen LogP contribution < -0.4 is 10.1 Å². The van der Waals surface area contributed by atoms with Crippen molar-refractivity contribution >= 4 is 21.6 Å². The maximum absolute atomic E-state index is 12.7. The van der Waals surface area contributed by atoms with Gasteiger partial charge in [0.2, 0.25) is 15.9 Å². The number of hydrogen-bond acceptors (Lipinski definition) is 4. The number of ether oxygens (including phenoxy) is 1. The molecule has 0 atom stereocenters. The number of sulfonamides is 1. The summed E-state index contributed by atoms with van der Waals surface area (Å²) in [6, 6.07) is 4.56. The Hall–Kier alpha value is -1.60. The molecule has 7 heteroatoms. The van der Waals surface area contributed by atoms with Crippen LogP contribution in [0.5, 0.6) is 5.75 Å². The second-order valence-corrected chi connectivity index (χ2v) is 7.50. The van der Waals surface area contributed by atoms with Crippen LogP contribution in [-0.2, 0) is 14.8 Å². The molecule has 0 heterocycles. The van der Waals surface area contributed by atoms with Gasteiger partial charge in [-0.15, -0.1) is 0 Å². The normalized spacial score (nSPS) is 16.0. The van der Waals surface area contributed by atoms with E-state index in [1.807, 2.05) is 0 Å². The summed E-state index contributed by atoms with van der Waals surface area (Å²) in [5, 5.41) is 2.60. The molecule has 6 nitrogen and oxygen atoms in total. The topological polar surface area (TPSA) is 75.7 Å². The highest BCUT2D eigenvalue weighted by Crippen LogP contribution is 2.31. The molecule has 1 N–H and O–H groups in total. The molecule has 1 fully saturated rings. The van der Waals surface area contributed by atoms with Crippen molar-refractivity contribution in [1.82, 2.24) is 4.31 Å². The second-order valence-electron chi connectivity index (χ2n) is 5.50. The van der Waals surface area contributed by atoms with Crippen LogP contribution in [0, 0.1) is 0 Å². The van der Waals surface area contributed by atoms with Crippen LogP contribution >= 0.6 is 0 Å². The molecule has 0 aliphatic heterocycles. The average molecular weight is 326 g/mol. The molecular weight excluding hydrogens is 304 g/mol. The molecule has 0 radical (unpaired) electrons. The first kappa shape index (κ1) is 16.8. The van der Waals surface area contributed by atoms with Crippen LogP contribution in [0.3, 0.4) is 0 Å². The van der Waals surface area contributed by atoms with Crippen molar-refractivity contribution in [2.75, 3.05) is 19.5 Å². The molecule has 0 saturated heterocycles. The summed E-state index contributed by atoms with van der Waals surface area (Å²) in [5.41, 5.74) is 0.357. The highest BCUT2D eigenvalue weighted by Gasteiger charge is 2.30. The van der Waals surface area contributed by atoms with Crippen LogP contribution in [0.25, 0.3) is 0 Å². The molecule has 122 valence electrons. The lowest BCUT2D eigenvalue weighted by molar-refractivity contribution is -0.114. The minimum Gasteiger partial charge on any atom is -0.495 e. The zero-order valence-electron chi connectivity index (χ0n) is 13.1. The van der Waals surface area contributed by atoms with E-state index in [2.05, 4.69) is 5.32 Å². The van der Waals surface area contributed by atoms with Crippen molar-refractivity contribution in [2.45, 2.75) is 43.5 Å². The Morgan fingerprint density at radius 2 is 1.95 bits per heavy atom. The van der Waals surface area contributed by atoms with E-state index in [0.717, 1.165) is 25.7 Å². The summed E-state index contributed by atoms with van der Waals surface area (Å²) in [6.45, 7) is 1.37. The third-order valence-corrected chi connectivity index (χ3v) is 5.90. The van der Waals surface area contributed by atoms with Gasteiger partial charge < -0.3 is 10.1 Å². The van der Waals surface area contributed by atoms with Crippen LogP contribution in [-0.4, -0.2) is 38.8 Å². The number of anilines is 1. The second kappa shape index (κ2) is 6.66. The number of carbonyl (C=O) groups excluding carboxylic acids is 1. The Labute approximate surface area is 131 Å². The van der Waals surface area contributed by atoms with Gasteiger partial charge in [0.25, 0.3) is 0 Å². The number of hydrogen-bond donors (Lipinski definition) is 1. The minimum atomic E-state index is -3.58. The van der Waals surface area contributed by atoms with Crippen molar-refractivity contribution in [1.29, 1.82) is 0 Å². The lowest BCUT2D eigenvalue weighted by Crippen LogP contribution is -2.35. The van der Waals surface area contributed by atoms with Crippen molar-refractivity contribution < 1.29 is 17.9 Å². The number of amides is 1. The van der Waals surface area contributed by atoms with E-state index < -0.39 is 10.0 Å². The van der Waals surface area contributed by atoms with Crippen molar-refractivity contribution in [3.63, 3.8) is 0 Å². The predicted molar refractivity (Wildman–Crippen MR) is 84.5 cm³/mol. The lowest BCUT2D eigenvalue weighted by Gasteiger charge is -2.24. The zero-order valence-corrected chi connectivity index (χ0v) is 13.9. The standard InChI is InChI=1S/C15H22N2O4S/c1-11(18)16-14-10-13(8-9-15(14)21-3)22(19,20)17(2)12-6-4-5-7-12/h8-10,12H,4-7H2,1-3H3,(H,16,18). The summed E-state index contributed by atoms with van der Waals surface area (Å²) in [6.07, 6.45) is 3.91. The third kappa shape index (κ3) is 3.41. The van der Waals surface area contributed by atoms with E-state index in [4.69, 9.17) is 4.74 Å². The van der Waals surface area contributed by atoms with Crippen molar-refractivity contribution in [3.05, 3.63) is 18.2 Å². The van der Waals surface area contributed by atoms with Gasteiger partial charge in [0.1, 0.15) is 5.75 Å². The first-order chi connectivity index (χ1) is 10.4. The van der Waals surface area contributed by atoms with Crippen LogP contribution in [0.1, 0.15) is 32.6 Å². The number of rotatable bonds is 5. The Morgan fingerprint density at radius 1 is 1.32 bits per heavy atom. The fourth-order valence-electron chi connectivity index (χ4n) is 2.77. The van der Waals surface area contributed by atoms with E-state index in [1.54, 1.807) is 13.1 Å². The molecule has 1 aromatic carbocycles. The fourth-order valence-corrected chi connectivity index (χ4v) is 4.21. The Morgan fingerprint density at radius 3 is 2.50 bits per heavy atom. The van der Waals surface area contributed by atoms with Gasteiger partial charge in [-0.3, -0.25) is 4.79 Å². The molecule has 1 amide bonds. The van der Waals surface area contributed by atoms with E-state index in [0.29, 0.717) is 11.4 Å². The van der Waals surface area contributed by atoms with Gasteiger partial charge in [0.15, 0.2) is 0 Å². The Kier molecular flexibility index (Phi) is 5.08.